The van der Waals surface area contributed by atoms with E-state index in [4.69, 9.17) is 10.5 Å². The molecule has 0 amide bonds. The van der Waals surface area contributed by atoms with Crippen LogP contribution in [0.4, 0.5) is 0 Å². The van der Waals surface area contributed by atoms with Crippen LogP contribution in [0.2, 0.25) is 0 Å². The monoisotopic (exact) mass is 332 g/mol. The third kappa shape index (κ3) is 6.49. The predicted molar refractivity (Wildman–Crippen MR) is 99.9 cm³/mol. The first kappa shape index (κ1) is 18.7. The van der Waals surface area contributed by atoms with Crippen LogP contribution < -0.4 is 11.1 Å². The minimum Gasteiger partial charge on any atom is -0.373 e. The molecule has 5 heteroatoms. The molecule has 1 aromatic rings. The Balaban J connectivity index is 1.87. The highest BCUT2D eigenvalue weighted by molar-refractivity contribution is 5.78. The number of aliphatic imine (C=N–C) groups is 1. The average molecular weight is 332 g/mol. The SMILES string of the molecule is CC1CN(Cc2ccc(CN=C(N)NC(C)(C)C)cc2)CC(C)O1. The number of hydrogen-bond donors (Lipinski definition) is 2. The summed E-state index contributed by atoms with van der Waals surface area (Å²) in [7, 11) is 0. The van der Waals surface area contributed by atoms with Gasteiger partial charge in [0.1, 0.15) is 0 Å². The molecule has 2 atom stereocenters. The van der Waals surface area contributed by atoms with E-state index in [1.807, 2.05) is 0 Å². The van der Waals surface area contributed by atoms with Crippen LogP contribution in [-0.4, -0.2) is 41.7 Å². The fourth-order valence-corrected chi connectivity index (χ4v) is 3.02. The molecule has 0 saturated carbocycles. The van der Waals surface area contributed by atoms with Gasteiger partial charge in [0, 0.05) is 25.2 Å². The second-order valence-corrected chi connectivity index (χ2v) is 7.84. The molecule has 0 aliphatic carbocycles. The summed E-state index contributed by atoms with van der Waals surface area (Å²) in [6.45, 7) is 14.0. The molecule has 1 aliphatic heterocycles. The molecule has 1 heterocycles. The van der Waals surface area contributed by atoms with Crippen LogP contribution in [0.1, 0.15) is 45.7 Å². The first-order valence-electron chi connectivity index (χ1n) is 8.75. The van der Waals surface area contributed by atoms with Gasteiger partial charge in [-0.05, 0) is 45.7 Å². The van der Waals surface area contributed by atoms with Gasteiger partial charge in [-0.15, -0.1) is 0 Å². The van der Waals surface area contributed by atoms with Gasteiger partial charge < -0.3 is 15.8 Å². The zero-order valence-corrected chi connectivity index (χ0v) is 15.7. The third-order valence-corrected chi connectivity index (χ3v) is 3.86. The fraction of sp³-hybridized carbons (Fsp3) is 0.632. The summed E-state index contributed by atoms with van der Waals surface area (Å²) in [5, 5.41) is 3.17. The highest BCUT2D eigenvalue weighted by Gasteiger charge is 2.21. The number of nitrogens with one attached hydrogen (secondary N) is 1. The third-order valence-electron chi connectivity index (χ3n) is 3.86. The minimum atomic E-state index is -0.0656. The van der Waals surface area contributed by atoms with Gasteiger partial charge in [0.15, 0.2) is 5.96 Å². The number of nitrogens with zero attached hydrogens (tertiary/aromatic N) is 2. The largest absolute Gasteiger partial charge is 0.373 e. The maximum atomic E-state index is 5.91. The fourth-order valence-electron chi connectivity index (χ4n) is 3.02. The Morgan fingerprint density at radius 3 is 2.25 bits per heavy atom. The summed E-state index contributed by atoms with van der Waals surface area (Å²) in [4.78, 5) is 6.86. The normalized spacial score (nSPS) is 23.3. The molecular weight excluding hydrogens is 300 g/mol. The van der Waals surface area contributed by atoms with E-state index in [1.165, 1.54) is 11.1 Å². The van der Waals surface area contributed by atoms with Crippen LogP contribution in [0.25, 0.3) is 0 Å². The lowest BCUT2D eigenvalue weighted by Gasteiger charge is -2.35. The number of rotatable bonds is 4. The summed E-state index contributed by atoms with van der Waals surface area (Å²) in [5.74, 6) is 0.489. The summed E-state index contributed by atoms with van der Waals surface area (Å²) in [6.07, 6.45) is 0.612. The van der Waals surface area contributed by atoms with Crippen LogP contribution in [0, 0.1) is 0 Å². The van der Waals surface area contributed by atoms with Crippen LogP contribution >= 0.6 is 0 Å². The highest BCUT2D eigenvalue weighted by Crippen LogP contribution is 2.15. The van der Waals surface area contributed by atoms with Crippen molar-refractivity contribution in [1.82, 2.24) is 10.2 Å². The molecule has 0 spiro atoms. The molecule has 2 unspecified atom stereocenters. The van der Waals surface area contributed by atoms with Gasteiger partial charge in [-0.2, -0.15) is 0 Å². The lowest BCUT2D eigenvalue weighted by atomic mass is 10.1. The lowest BCUT2D eigenvalue weighted by Crippen LogP contribution is -2.45. The molecule has 134 valence electrons. The molecule has 0 aromatic heterocycles. The topological polar surface area (TPSA) is 62.9 Å². The van der Waals surface area contributed by atoms with Gasteiger partial charge in [-0.3, -0.25) is 4.90 Å². The van der Waals surface area contributed by atoms with Gasteiger partial charge in [-0.1, -0.05) is 24.3 Å². The summed E-state index contributed by atoms with van der Waals surface area (Å²) in [5.41, 5.74) is 8.33. The van der Waals surface area contributed by atoms with Gasteiger partial charge in [0.05, 0.1) is 18.8 Å². The van der Waals surface area contributed by atoms with Crippen LogP contribution in [0.5, 0.6) is 0 Å². The molecule has 24 heavy (non-hydrogen) atoms. The van der Waals surface area contributed by atoms with Gasteiger partial charge in [0.25, 0.3) is 0 Å². The van der Waals surface area contributed by atoms with Crippen molar-refractivity contribution < 1.29 is 4.74 Å². The lowest BCUT2D eigenvalue weighted by molar-refractivity contribution is -0.0704. The van der Waals surface area contributed by atoms with E-state index in [9.17, 15) is 0 Å². The molecule has 1 aliphatic rings. The maximum absolute atomic E-state index is 5.91. The summed E-state index contributed by atoms with van der Waals surface area (Å²) < 4.78 is 5.79. The van der Waals surface area contributed by atoms with Gasteiger partial charge in [-0.25, -0.2) is 4.99 Å². The van der Waals surface area contributed by atoms with Gasteiger partial charge in [0.2, 0.25) is 0 Å². The van der Waals surface area contributed by atoms with E-state index in [1.54, 1.807) is 0 Å². The van der Waals surface area contributed by atoms with Gasteiger partial charge >= 0.3 is 0 Å². The molecule has 1 saturated heterocycles. The molecule has 0 bridgehead atoms. The zero-order valence-electron chi connectivity index (χ0n) is 15.7. The van der Waals surface area contributed by atoms with Crippen LogP contribution in [0.3, 0.4) is 0 Å². The Morgan fingerprint density at radius 1 is 1.17 bits per heavy atom. The molecule has 3 N–H and O–H groups in total. The molecule has 5 nitrogen and oxygen atoms in total. The van der Waals surface area contributed by atoms with E-state index >= 15 is 0 Å². The van der Waals surface area contributed by atoms with Crippen molar-refractivity contribution in [3.05, 3.63) is 35.4 Å². The number of guanidine groups is 1. The van der Waals surface area contributed by atoms with E-state index in [2.05, 4.69) is 74.1 Å². The highest BCUT2D eigenvalue weighted by atomic mass is 16.5. The number of morpholine rings is 1. The maximum Gasteiger partial charge on any atom is 0.189 e. The molecule has 0 radical (unpaired) electrons. The number of ether oxygens (including phenoxy) is 1. The first-order valence-corrected chi connectivity index (χ1v) is 8.75. The van der Waals surface area contributed by atoms with Crippen LogP contribution in [0.15, 0.2) is 29.3 Å². The Labute approximate surface area is 146 Å². The van der Waals surface area contributed by atoms with Crippen molar-refractivity contribution in [3.63, 3.8) is 0 Å². The Kier molecular flexibility index (Phi) is 6.24. The molecular formula is C19H32N4O. The quantitative estimate of drug-likeness (QED) is 0.657. The molecule has 1 fully saturated rings. The summed E-state index contributed by atoms with van der Waals surface area (Å²) in [6, 6.07) is 8.64. The van der Waals surface area contributed by atoms with Crippen molar-refractivity contribution in [2.24, 2.45) is 10.7 Å². The Morgan fingerprint density at radius 2 is 1.71 bits per heavy atom. The average Bonchev–Trinajstić information content (AvgIpc) is 2.43. The van der Waals surface area contributed by atoms with E-state index in [0.29, 0.717) is 24.7 Å². The van der Waals surface area contributed by atoms with Crippen molar-refractivity contribution in [3.8, 4) is 0 Å². The number of nitrogens with two attached hydrogens (primary N) is 1. The predicted octanol–water partition coefficient (Wildman–Crippen LogP) is 2.50. The molecule has 1 aromatic carbocycles. The van der Waals surface area contributed by atoms with Crippen molar-refractivity contribution in [2.75, 3.05) is 13.1 Å². The van der Waals surface area contributed by atoms with Crippen molar-refractivity contribution >= 4 is 5.96 Å². The van der Waals surface area contributed by atoms with E-state index in [-0.39, 0.29) is 5.54 Å². The standard InChI is InChI=1S/C19H32N4O/c1-14-11-23(12-15(2)24-14)13-17-8-6-16(7-9-17)10-21-18(20)22-19(3,4)5/h6-9,14-15H,10-13H2,1-5H3,(H3,20,21,22). The Bertz CT molecular complexity index is 537. The van der Waals surface area contributed by atoms with E-state index < -0.39 is 0 Å². The second-order valence-electron chi connectivity index (χ2n) is 7.84. The Hall–Kier alpha value is -1.59. The minimum absolute atomic E-state index is 0.0656. The zero-order chi connectivity index (χ0) is 17.7. The van der Waals surface area contributed by atoms with Crippen molar-refractivity contribution in [1.29, 1.82) is 0 Å². The molecule has 2 rings (SSSR count). The van der Waals surface area contributed by atoms with E-state index in [0.717, 1.165) is 19.6 Å². The van der Waals surface area contributed by atoms with Crippen LogP contribution in [-0.2, 0) is 17.8 Å². The van der Waals surface area contributed by atoms with Crippen molar-refractivity contribution in [2.45, 2.75) is 65.5 Å². The number of benzene rings is 1. The summed E-state index contributed by atoms with van der Waals surface area (Å²) >= 11 is 0. The second kappa shape index (κ2) is 7.99. The first-order chi connectivity index (χ1) is 11.2. The smallest absolute Gasteiger partial charge is 0.189 e. The number of hydrogen-bond acceptors (Lipinski definition) is 3.